The predicted molar refractivity (Wildman–Crippen MR) is 92.1 cm³/mol. The molecule has 2 aromatic rings. The van der Waals surface area contributed by atoms with Gasteiger partial charge in [-0.15, -0.1) is 0 Å². The van der Waals surface area contributed by atoms with E-state index in [0.717, 1.165) is 0 Å². The van der Waals surface area contributed by atoms with Gasteiger partial charge in [-0.3, -0.25) is 9.59 Å². The van der Waals surface area contributed by atoms with Crippen molar-refractivity contribution >= 4 is 23.3 Å². The van der Waals surface area contributed by atoms with E-state index in [1.807, 2.05) is 0 Å². The van der Waals surface area contributed by atoms with Gasteiger partial charge in [0.15, 0.2) is 11.5 Å². The number of carbonyl (C=O) groups excluding carboxylic acids is 2. The third kappa shape index (κ3) is 3.79. The van der Waals surface area contributed by atoms with E-state index in [9.17, 15) is 9.59 Å². The Hall–Kier alpha value is -3.29. The summed E-state index contributed by atoms with van der Waals surface area (Å²) in [4.78, 5) is 30.2. The molecule has 3 rings (SSSR count). The van der Waals surface area contributed by atoms with Gasteiger partial charge in [0.2, 0.25) is 12.7 Å². The fourth-order valence-corrected chi connectivity index (χ4v) is 2.37. The molecule has 1 aromatic carbocycles. The molecule has 1 aromatic heterocycles. The van der Waals surface area contributed by atoms with Crippen LogP contribution in [0.1, 0.15) is 10.4 Å². The second kappa shape index (κ2) is 7.08. The highest BCUT2D eigenvalue weighted by atomic mass is 16.7. The molecule has 1 aliphatic heterocycles. The Labute approximate surface area is 144 Å². The Morgan fingerprint density at radius 3 is 2.80 bits per heavy atom. The SMILES string of the molecule is CN(C)c1ncccc1C(=O)NCC(=O)Nc1ccc2c(c1)OCO2. The summed E-state index contributed by atoms with van der Waals surface area (Å²) in [5.41, 5.74) is 0.974. The van der Waals surface area contributed by atoms with Crippen molar-refractivity contribution < 1.29 is 19.1 Å². The molecule has 0 fully saturated rings. The second-order valence-corrected chi connectivity index (χ2v) is 5.57. The molecule has 0 radical (unpaired) electrons. The number of anilines is 2. The third-order valence-corrected chi connectivity index (χ3v) is 3.52. The summed E-state index contributed by atoms with van der Waals surface area (Å²) >= 11 is 0. The number of nitrogens with zero attached hydrogens (tertiary/aromatic N) is 2. The molecule has 0 unspecified atom stereocenters. The molecule has 0 bridgehead atoms. The monoisotopic (exact) mass is 342 g/mol. The average Bonchev–Trinajstić information content (AvgIpc) is 3.07. The molecule has 2 amide bonds. The van der Waals surface area contributed by atoms with Crippen LogP contribution in [0.15, 0.2) is 36.5 Å². The zero-order chi connectivity index (χ0) is 17.8. The Balaban J connectivity index is 1.58. The highest BCUT2D eigenvalue weighted by Crippen LogP contribution is 2.34. The van der Waals surface area contributed by atoms with Gasteiger partial charge >= 0.3 is 0 Å². The van der Waals surface area contributed by atoms with Crippen LogP contribution >= 0.6 is 0 Å². The van der Waals surface area contributed by atoms with Crippen LogP contribution in [0.25, 0.3) is 0 Å². The molecule has 0 saturated heterocycles. The van der Waals surface area contributed by atoms with Crippen molar-refractivity contribution in [1.82, 2.24) is 10.3 Å². The fraction of sp³-hybridized carbons (Fsp3) is 0.235. The van der Waals surface area contributed by atoms with Crippen molar-refractivity contribution in [1.29, 1.82) is 0 Å². The van der Waals surface area contributed by atoms with Crippen LogP contribution in [-0.4, -0.2) is 44.2 Å². The average molecular weight is 342 g/mol. The lowest BCUT2D eigenvalue weighted by Crippen LogP contribution is -2.33. The first kappa shape index (κ1) is 16.6. The van der Waals surface area contributed by atoms with Gasteiger partial charge in [0, 0.05) is 32.0 Å². The number of fused-ring (bicyclic) bond motifs is 1. The number of nitrogens with one attached hydrogen (secondary N) is 2. The standard InChI is InChI=1S/C17H18N4O4/c1-21(2)16-12(4-3-7-18-16)17(23)19-9-15(22)20-11-5-6-13-14(8-11)25-10-24-13/h3-8H,9-10H2,1-2H3,(H,19,23)(H,20,22). The van der Waals surface area contributed by atoms with E-state index >= 15 is 0 Å². The van der Waals surface area contributed by atoms with Gasteiger partial charge in [0.1, 0.15) is 5.82 Å². The topological polar surface area (TPSA) is 92.8 Å². The zero-order valence-corrected chi connectivity index (χ0v) is 13.9. The number of hydrogen-bond acceptors (Lipinski definition) is 6. The van der Waals surface area contributed by atoms with E-state index in [-0.39, 0.29) is 25.2 Å². The van der Waals surface area contributed by atoms with E-state index in [1.165, 1.54) is 0 Å². The number of aromatic nitrogens is 1. The Morgan fingerprint density at radius 1 is 1.20 bits per heavy atom. The predicted octanol–water partition coefficient (Wildman–Crippen LogP) is 1.24. The lowest BCUT2D eigenvalue weighted by atomic mass is 10.2. The van der Waals surface area contributed by atoms with Crippen LogP contribution in [0.5, 0.6) is 11.5 Å². The highest BCUT2D eigenvalue weighted by Gasteiger charge is 2.16. The molecule has 8 heteroatoms. The van der Waals surface area contributed by atoms with Gasteiger partial charge in [-0.1, -0.05) is 0 Å². The van der Waals surface area contributed by atoms with E-state index in [0.29, 0.717) is 28.6 Å². The van der Waals surface area contributed by atoms with Crippen LogP contribution in [0, 0.1) is 0 Å². The second-order valence-electron chi connectivity index (χ2n) is 5.57. The Bertz CT molecular complexity index is 807. The van der Waals surface area contributed by atoms with Gasteiger partial charge in [-0.05, 0) is 24.3 Å². The Morgan fingerprint density at radius 2 is 2.00 bits per heavy atom. The molecule has 2 heterocycles. The number of benzene rings is 1. The van der Waals surface area contributed by atoms with E-state index in [4.69, 9.17) is 9.47 Å². The summed E-state index contributed by atoms with van der Waals surface area (Å²) in [5, 5.41) is 5.29. The molecule has 0 spiro atoms. The van der Waals surface area contributed by atoms with E-state index in [2.05, 4.69) is 15.6 Å². The van der Waals surface area contributed by atoms with Gasteiger partial charge in [-0.2, -0.15) is 0 Å². The minimum atomic E-state index is -0.363. The normalized spacial score (nSPS) is 11.8. The lowest BCUT2D eigenvalue weighted by Gasteiger charge is -2.15. The van der Waals surface area contributed by atoms with Gasteiger partial charge in [-0.25, -0.2) is 4.98 Å². The molecule has 25 heavy (non-hydrogen) atoms. The maximum absolute atomic E-state index is 12.3. The summed E-state index contributed by atoms with van der Waals surface area (Å²) in [6, 6.07) is 8.43. The number of hydrogen-bond donors (Lipinski definition) is 2. The number of ether oxygens (including phenoxy) is 2. The van der Waals surface area contributed by atoms with Crippen molar-refractivity contribution in [3.05, 3.63) is 42.1 Å². The minimum absolute atomic E-state index is 0.158. The van der Waals surface area contributed by atoms with Gasteiger partial charge in [0.25, 0.3) is 5.91 Å². The minimum Gasteiger partial charge on any atom is -0.454 e. The molecule has 2 N–H and O–H groups in total. The van der Waals surface area contributed by atoms with Crippen molar-refractivity contribution in [2.45, 2.75) is 0 Å². The maximum atomic E-state index is 12.3. The fourth-order valence-electron chi connectivity index (χ4n) is 2.37. The molecular weight excluding hydrogens is 324 g/mol. The molecular formula is C17H18N4O4. The maximum Gasteiger partial charge on any atom is 0.255 e. The molecule has 1 aliphatic rings. The molecule has 0 atom stereocenters. The quantitative estimate of drug-likeness (QED) is 0.849. The zero-order valence-electron chi connectivity index (χ0n) is 13.9. The van der Waals surface area contributed by atoms with Crippen molar-refractivity contribution in [3.63, 3.8) is 0 Å². The lowest BCUT2D eigenvalue weighted by molar-refractivity contribution is -0.115. The summed E-state index contributed by atoms with van der Waals surface area (Å²) in [6.45, 7) is 0.0111. The summed E-state index contributed by atoms with van der Waals surface area (Å²) in [5.74, 6) is 1.04. The van der Waals surface area contributed by atoms with Crippen molar-refractivity contribution in [3.8, 4) is 11.5 Å². The molecule has 0 aliphatic carbocycles. The number of carbonyl (C=O) groups is 2. The first-order valence-corrected chi connectivity index (χ1v) is 7.64. The smallest absolute Gasteiger partial charge is 0.255 e. The summed E-state index contributed by atoms with van der Waals surface area (Å²) in [7, 11) is 3.59. The van der Waals surface area contributed by atoms with Crippen LogP contribution in [0.4, 0.5) is 11.5 Å². The summed E-state index contributed by atoms with van der Waals surface area (Å²) < 4.78 is 10.5. The highest BCUT2D eigenvalue weighted by molar-refractivity contribution is 6.02. The van der Waals surface area contributed by atoms with Crippen molar-refractivity contribution in [2.24, 2.45) is 0 Å². The molecule has 0 saturated carbocycles. The van der Waals surface area contributed by atoms with Crippen LogP contribution in [0.3, 0.4) is 0 Å². The van der Waals surface area contributed by atoms with Crippen LogP contribution in [-0.2, 0) is 4.79 Å². The van der Waals surface area contributed by atoms with Gasteiger partial charge < -0.3 is 25.0 Å². The van der Waals surface area contributed by atoms with Gasteiger partial charge in [0.05, 0.1) is 12.1 Å². The first-order valence-electron chi connectivity index (χ1n) is 7.64. The molecule has 8 nitrogen and oxygen atoms in total. The van der Waals surface area contributed by atoms with E-state index in [1.54, 1.807) is 55.5 Å². The van der Waals surface area contributed by atoms with Crippen molar-refractivity contribution in [2.75, 3.05) is 37.6 Å². The Kier molecular flexibility index (Phi) is 4.69. The van der Waals surface area contributed by atoms with Crippen LogP contribution in [0.2, 0.25) is 0 Å². The largest absolute Gasteiger partial charge is 0.454 e. The number of amides is 2. The van der Waals surface area contributed by atoms with Crippen LogP contribution < -0.4 is 25.0 Å². The molecule has 130 valence electrons. The number of pyridine rings is 1. The number of rotatable bonds is 5. The summed E-state index contributed by atoms with van der Waals surface area (Å²) in [6.07, 6.45) is 1.61. The van der Waals surface area contributed by atoms with E-state index < -0.39 is 0 Å². The first-order chi connectivity index (χ1) is 12.0. The third-order valence-electron chi connectivity index (χ3n) is 3.52.